The number of anilines is 1. The first kappa shape index (κ1) is 18.4. The Morgan fingerprint density at radius 3 is 2.62 bits per heavy atom. The van der Waals surface area contributed by atoms with Crippen molar-refractivity contribution in [1.82, 2.24) is 5.32 Å². The van der Waals surface area contributed by atoms with E-state index in [-0.39, 0.29) is 11.9 Å². The first-order valence-corrected chi connectivity index (χ1v) is 9.11. The van der Waals surface area contributed by atoms with Crippen molar-refractivity contribution in [3.63, 3.8) is 0 Å². The fourth-order valence-electron chi connectivity index (χ4n) is 2.75. The molecular formula is C20H23ClN2O3. The number of para-hydroxylation sites is 1. The van der Waals surface area contributed by atoms with Crippen molar-refractivity contribution in [3.05, 3.63) is 53.1 Å². The number of fused-ring (bicyclic) bond motifs is 1. The zero-order chi connectivity index (χ0) is 18.5. The Balaban J connectivity index is 1.66. The second-order valence-corrected chi connectivity index (χ2v) is 6.96. The van der Waals surface area contributed by atoms with Crippen molar-refractivity contribution in [3.8, 4) is 11.5 Å². The average molecular weight is 375 g/mol. The molecule has 0 saturated carbocycles. The van der Waals surface area contributed by atoms with Crippen LogP contribution in [-0.2, 0) is 0 Å². The number of halogens is 1. The molecule has 2 aromatic rings. The maximum Gasteiger partial charge on any atom is 0.251 e. The second kappa shape index (κ2) is 8.32. The topological polar surface area (TPSA) is 59.6 Å². The molecule has 5 nitrogen and oxygen atoms in total. The van der Waals surface area contributed by atoms with Gasteiger partial charge in [-0.15, -0.1) is 0 Å². The zero-order valence-corrected chi connectivity index (χ0v) is 15.7. The Morgan fingerprint density at radius 2 is 1.88 bits per heavy atom. The lowest BCUT2D eigenvalue weighted by Gasteiger charge is -2.24. The molecule has 26 heavy (non-hydrogen) atoms. The normalized spacial score (nSPS) is 14.0. The maximum atomic E-state index is 12.6. The summed E-state index contributed by atoms with van der Waals surface area (Å²) in [7, 11) is 0. The summed E-state index contributed by atoms with van der Waals surface area (Å²) in [5.41, 5.74) is 1.49. The van der Waals surface area contributed by atoms with Gasteiger partial charge in [-0.25, -0.2) is 0 Å². The number of rotatable bonds is 6. The molecule has 0 spiro atoms. The summed E-state index contributed by atoms with van der Waals surface area (Å²) in [6.07, 6.45) is 0. The van der Waals surface area contributed by atoms with Gasteiger partial charge in [-0.1, -0.05) is 43.6 Å². The predicted molar refractivity (Wildman–Crippen MR) is 103 cm³/mol. The molecule has 1 aliphatic rings. The highest BCUT2D eigenvalue weighted by Gasteiger charge is 2.20. The third kappa shape index (κ3) is 4.41. The molecule has 6 heteroatoms. The van der Waals surface area contributed by atoms with Crippen molar-refractivity contribution >= 4 is 23.2 Å². The number of nitrogens with one attached hydrogen (secondary N) is 2. The molecular weight excluding hydrogens is 352 g/mol. The molecule has 0 saturated heterocycles. The molecule has 0 bridgehead atoms. The Kier molecular flexibility index (Phi) is 5.89. The molecule has 0 radical (unpaired) electrons. The summed E-state index contributed by atoms with van der Waals surface area (Å²) >= 11 is 6.21. The van der Waals surface area contributed by atoms with E-state index in [1.54, 1.807) is 12.1 Å². The highest BCUT2D eigenvalue weighted by molar-refractivity contribution is 6.32. The molecule has 1 heterocycles. The van der Waals surface area contributed by atoms with Crippen LogP contribution in [0.5, 0.6) is 11.5 Å². The number of amides is 1. The fraction of sp³-hybridized carbons (Fsp3) is 0.350. The highest BCUT2D eigenvalue weighted by atomic mass is 35.5. The Bertz CT molecular complexity index is 765. The standard InChI is InChI=1S/C20H23ClN2O3/c1-13(2)17(23-15-6-4-3-5-7-15)12-22-20(24)14-10-16(21)19-18(11-14)25-8-9-26-19/h3-7,10-11,13,17,23H,8-9,12H2,1-2H3,(H,22,24). The van der Waals surface area contributed by atoms with Gasteiger partial charge >= 0.3 is 0 Å². The number of carbonyl (C=O) groups is 1. The van der Waals surface area contributed by atoms with Gasteiger partial charge in [-0.3, -0.25) is 4.79 Å². The molecule has 3 rings (SSSR count). The third-order valence-electron chi connectivity index (χ3n) is 4.27. The van der Waals surface area contributed by atoms with E-state index in [9.17, 15) is 4.79 Å². The van der Waals surface area contributed by atoms with Crippen LogP contribution in [0.2, 0.25) is 5.02 Å². The van der Waals surface area contributed by atoms with E-state index < -0.39 is 0 Å². The van der Waals surface area contributed by atoms with Crippen molar-refractivity contribution in [2.45, 2.75) is 19.9 Å². The van der Waals surface area contributed by atoms with Gasteiger partial charge in [0.1, 0.15) is 13.2 Å². The quantitative estimate of drug-likeness (QED) is 0.803. The Hall–Kier alpha value is -2.40. The van der Waals surface area contributed by atoms with E-state index in [1.165, 1.54) is 0 Å². The molecule has 2 aromatic carbocycles. The van der Waals surface area contributed by atoms with Crippen LogP contribution in [-0.4, -0.2) is 31.7 Å². The van der Waals surface area contributed by atoms with Crippen molar-refractivity contribution in [2.75, 3.05) is 25.1 Å². The maximum absolute atomic E-state index is 12.6. The minimum atomic E-state index is -0.190. The summed E-state index contributed by atoms with van der Waals surface area (Å²) in [6, 6.07) is 13.3. The van der Waals surface area contributed by atoms with Gasteiger partial charge in [0, 0.05) is 23.8 Å². The van der Waals surface area contributed by atoms with Gasteiger partial charge in [0.15, 0.2) is 11.5 Å². The average Bonchev–Trinajstić information content (AvgIpc) is 2.65. The molecule has 0 aliphatic carbocycles. The van der Waals surface area contributed by atoms with Crippen molar-refractivity contribution in [1.29, 1.82) is 0 Å². The smallest absolute Gasteiger partial charge is 0.251 e. The summed E-state index contributed by atoms with van der Waals surface area (Å²) < 4.78 is 11.0. The van der Waals surface area contributed by atoms with Gasteiger partial charge in [-0.2, -0.15) is 0 Å². The Morgan fingerprint density at radius 1 is 1.15 bits per heavy atom. The van der Waals surface area contributed by atoms with Crippen LogP contribution < -0.4 is 20.1 Å². The number of hydrogen-bond donors (Lipinski definition) is 2. The van der Waals surface area contributed by atoms with E-state index in [4.69, 9.17) is 21.1 Å². The number of ether oxygens (including phenoxy) is 2. The summed E-state index contributed by atoms with van der Waals surface area (Å²) in [5.74, 6) is 1.17. The molecule has 1 aliphatic heterocycles. The van der Waals surface area contributed by atoms with Gasteiger partial charge in [0.05, 0.1) is 5.02 Å². The molecule has 1 amide bonds. The highest BCUT2D eigenvalue weighted by Crippen LogP contribution is 2.38. The van der Waals surface area contributed by atoms with E-state index in [0.717, 1.165) is 5.69 Å². The summed E-state index contributed by atoms with van der Waals surface area (Å²) in [4.78, 5) is 12.6. The minimum Gasteiger partial charge on any atom is -0.486 e. The second-order valence-electron chi connectivity index (χ2n) is 6.55. The molecule has 138 valence electrons. The predicted octanol–water partition coefficient (Wildman–Crippen LogP) is 3.98. The molecule has 0 aromatic heterocycles. The first-order chi connectivity index (χ1) is 12.5. The lowest BCUT2D eigenvalue weighted by atomic mass is 10.0. The number of benzene rings is 2. The van der Waals surface area contributed by atoms with E-state index in [2.05, 4.69) is 24.5 Å². The SMILES string of the molecule is CC(C)C(CNC(=O)c1cc(Cl)c2c(c1)OCCO2)Nc1ccccc1. The van der Waals surface area contributed by atoms with Crippen LogP contribution in [0, 0.1) is 5.92 Å². The van der Waals surface area contributed by atoms with Gasteiger partial charge in [0.2, 0.25) is 0 Å². The van der Waals surface area contributed by atoms with Crippen LogP contribution >= 0.6 is 11.6 Å². The van der Waals surface area contributed by atoms with E-state index in [0.29, 0.717) is 47.8 Å². The largest absolute Gasteiger partial charge is 0.486 e. The minimum absolute atomic E-state index is 0.106. The number of carbonyl (C=O) groups excluding carboxylic acids is 1. The fourth-order valence-corrected chi connectivity index (χ4v) is 3.01. The van der Waals surface area contributed by atoms with Crippen LogP contribution in [0.25, 0.3) is 0 Å². The van der Waals surface area contributed by atoms with Crippen LogP contribution in [0.4, 0.5) is 5.69 Å². The molecule has 1 atom stereocenters. The van der Waals surface area contributed by atoms with E-state index in [1.807, 2.05) is 30.3 Å². The molecule has 0 fully saturated rings. The van der Waals surface area contributed by atoms with Crippen LogP contribution in [0.3, 0.4) is 0 Å². The summed E-state index contributed by atoms with van der Waals surface area (Å²) in [5, 5.41) is 6.82. The van der Waals surface area contributed by atoms with Crippen molar-refractivity contribution in [2.24, 2.45) is 5.92 Å². The van der Waals surface area contributed by atoms with Gasteiger partial charge in [-0.05, 0) is 30.2 Å². The summed E-state index contributed by atoms with van der Waals surface area (Å²) in [6.45, 7) is 5.64. The Labute approximate surface area is 158 Å². The third-order valence-corrected chi connectivity index (χ3v) is 4.55. The van der Waals surface area contributed by atoms with Crippen molar-refractivity contribution < 1.29 is 14.3 Å². The van der Waals surface area contributed by atoms with E-state index >= 15 is 0 Å². The zero-order valence-electron chi connectivity index (χ0n) is 14.9. The molecule has 2 N–H and O–H groups in total. The lowest BCUT2D eigenvalue weighted by molar-refractivity contribution is 0.0949. The van der Waals surface area contributed by atoms with Gasteiger partial charge in [0.25, 0.3) is 5.91 Å². The van der Waals surface area contributed by atoms with Crippen LogP contribution in [0.1, 0.15) is 24.2 Å². The van der Waals surface area contributed by atoms with Crippen LogP contribution in [0.15, 0.2) is 42.5 Å². The monoisotopic (exact) mass is 374 g/mol. The molecule has 1 unspecified atom stereocenters. The first-order valence-electron chi connectivity index (χ1n) is 8.73. The number of hydrogen-bond acceptors (Lipinski definition) is 4. The van der Waals surface area contributed by atoms with Gasteiger partial charge < -0.3 is 20.1 Å². The lowest BCUT2D eigenvalue weighted by Crippen LogP contribution is -2.39.